The third-order valence-electron chi connectivity index (χ3n) is 8.57. The summed E-state index contributed by atoms with van der Waals surface area (Å²) in [5.74, 6) is -0.373. The SMILES string of the molecule is CC1CN(C(=O)OC(C)(C)C)CCN1c1nc2cc(F)cc(Br)c2o1.CCCCOC(=O)N1CCN(c2nc3cc(Cl)c(C)c(Br)c3o2)C(C)C1. The zero-order valence-electron chi connectivity index (χ0n) is 29.9. The smallest absolute Gasteiger partial charge is 0.410 e. The van der Waals surface area contributed by atoms with E-state index in [1.54, 1.807) is 9.80 Å². The molecular weight excluding hydrogens is 815 g/mol. The summed E-state index contributed by atoms with van der Waals surface area (Å²) < 4.78 is 37.4. The average molecular weight is 859 g/mol. The largest absolute Gasteiger partial charge is 0.449 e. The molecule has 2 aromatic heterocycles. The number of anilines is 2. The van der Waals surface area contributed by atoms with Crippen molar-refractivity contribution in [3.8, 4) is 0 Å². The molecule has 6 rings (SSSR count). The maximum atomic E-state index is 13.5. The fraction of sp³-hybridized carbons (Fsp3) is 0.543. The van der Waals surface area contributed by atoms with Gasteiger partial charge in [0.05, 0.1) is 15.6 Å². The van der Waals surface area contributed by atoms with Gasteiger partial charge < -0.3 is 37.9 Å². The van der Waals surface area contributed by atoms with Crippen LogP contribution in [0.5, 0.6) is 0 Å². The van der Waals surface area contributed by atoms with Crippen molar-refractivity contribution in [1.82, 2.24) is 19.8 Å². The number of carbonyl (C=O) groups excluding carboxylic acids is 2. The molecule has 51 heavy (non-hydrogen) atoms. The summed E-state index contributed by atoms with van der Waals surface area (Å²) in [4.78, 5) is 40.8. The van der Waals surface area contributed by atoms with Gasteiger partial charge in [0.25, 0.3) is 12.0 Å². The number of rotatable bonds is 5. The van der Waals surface area contributed by atoms with Gasteiger partial charge in [-0.15, -0.1) is 0 Å². The highest BCUT2D eigenvalue weighted by atomic mass is 79.9. The Hall–Kier alpha value is -3.30. The number of fused-ring (bicyclic) bond motifs is 2. The Labute approximate surface area is 318 Å². The van der Waals surface area contributed by atoms with Crippen LogP contribution in [0.2, 0.25) is 5.02 Å². The van der Waals surface area contributed by atoms with Crippen LogP contribution in [-0.4, -0.2) is 95.5 Å². The molecule has 2 saturated heterocycles. The number of unbranched alkanes of at least 4 members (excludes halogenated alkanes) is 1. The van der Waals surface area contributed by atoms with E-state index >= 15 is 0 Å². The van der Waals surface area contributed by atoms with Crippen molar-refractivity contribution >= 4 is 89.9 Å². The van der Waals surface area contributed by atoms with Crippen molar-refractivity contribution in [2.45, 2.75) is 79.0 Å². The lowest BCUT2D eigenvalue weighted by Crippen LogP contribution is -2.54. The molecule has 4 heterocycles. The Bertz CT molecular complexity index is 1880. The molecule has 12 nitrogen and oxygen atoms in total. The van der Waals surface area contributed by atoms with Crippen LogP contribution in [0.25, 0.3) is 22.2 Å². The molecule has 2 aromatic carbocycles. The van der Waals surface area contributed by atoms with Gasteiger partial charge in [0.15, 0.2) is 11.2 Å². The van der Waals surface area contributed by atoms with E-state index in [4.69, 9.17) is 29.9 Å². The second-order valence-corrected chi connectivity index (χ2v) is 15.9. The standard InChI is InChI=1S/C18H23BrClN3O3.C17H21BrFN3O3/c1-4-5-8-25-18(24)22-6-7-23(11(2)10-22)17-21-14-9-13(20)12(3)15(19)16(14)26-17;1-10-9-21(16(23)25-17(2,3)4)5-6-22(10)15-20-13-8-11(19)7-12(18)14(13)24-15/h9,11H,4-8,10H2,1-3H3;7-8,10H,5-6,9H2,1-4H3. The van der Waals surface area contributed by atoms with Crippen molar-refractivity contribution in [3.05, 3.63) is 43.5 Å². The molecule has 2 atom stereocenters. The molecule has 2 aliphatic rings. The maximum Gasteiger partial charge on any atom is 0.410 e. The normalized spacial score (nSPS) is 18.3. The lowest BCUT2D eigenvalue weighted by Gasteiger charge is -2.39. The van der Waals surface area contributed by atoms with Crippen molar-refractivity contribution < 1.29 is 32.3 Å². The number of benzene rings is 2. The number of aromatic nitrogens is 2. The van der Waals surface area contributed by atoms with Crippen LogP contribution in [0, 0.1) is 12.7 Å². The van der Waals surface area contributed by atoms with Crippen molar-refractivity contribution in [2.75, 3.05) is 55.7 Å². The minimum atomic E-state index is -0.520. The first-order chi connectivity index (χ1) is 24.1. The summed E-state index contributed by atoms with van der Waals surface area (Å²) in [6.45, 7) is 17.4. The summed E-state index contributed by atoms with van der Waals surface area (Å²) in [7, 11) is 0. The van der Waals surface area contributed by atoms with Gasteiger partial charge in [-0.2, -0.15) is 9.97 Å². The fourth-order valence-corrected chi connectivity index (χ4v) is 7.12. The number of hydrogen-bond acceptors (Lipinski definition) is 10. The van der Waals surface area contributed by atoms with Gasteiger partial charge in [0.2, 0.25) is 0 Å². The predicted molar refractivity (Wildman–Crippen MR) is 202 cm³/mol. The number of ether oxygens (including phenoxy) is 2. The highest BCUT2D eigenvalue weighted by molar-refractivity contribution is 9.11. The van der Waals surface area contributed by atoms with E-state index < -0.39 is 5.60 Å². The zero-order valence-corrected chi connectivity index (χ0v) is 33.8. The number of piperazine rings is 2. The van der Waals surface area contributed by atoms with Crippen LogP contribution in [0.1, 0.15) is 59.9 Å². The molecule has 2 unspecified atom stereocenters. The van der Waals surface area contributed by atoms with Gasteiger partial charge in [-0.25, -0.2) is 14.0 Å². The van der Waals surface area contributed by atoms with Gasteiger partial charge in [0.1, 0.15) is 22.5 Å². The number of hydrogen-bond donors (Lipinski definition) is 0. The van der Waals surface area contributed by atoms with Gasteiger partial charge in [-0.05, 0) is 97.5 Å². The highest BCUT2D eigenvalue weighted by Crippen LogP contribution is 2.36. The van der Waals surface area contributed by atoms with E-state index in [1.165, 1.54) is 12.1 Å². The molecule has 0 spiro atoms. The summed E-state index contributed by atoms with van der Waals surface area (Å²) in [6.07, 6.45) is 1.34. The molecule has 0 bridgehead atoms. The van der Waals surface area contributed by atoms with Gasteiger partial charge >= 0.3 is 12.2 Å². The Morgan fingerprint density at radius 2 is 1.47 bits per heavy atom. The maximum absolute atomic E-state index is 13.5. The molecule has 2 aliphatic heterocycles. The third-order valence-corrected chi connectivity index (χ3v) is 10.5. The van der Waals surface area contributed by atoms with Crippen LogP contribution in [-0.2, 0) is 9.47 Å². The topological polar surface area (TPSA) is 118 Å². The quantitative estimate of drug-likeness (QED) is 0.180. The molecule has 0 saturated carbocycles. The predicted octanol–water partition coefficient (Wildman–Crippen LogP) is 9.17. The third kappa shape index (κ3) is 9.20. The lowest BCUT2D eigenvalue weighted by molar-refractivity contribution is 0.0216. The number of oxazole rings is 2. The zero-order chi connectivity index (χ0) is 37.2. The van der Waals surface area contributed by atoms with Gasteiger partial charge in [0, 0.05) is 62.4 Å². The first-order valence-electron chi connectivity index (χ1n) is 17.0. The van der Waals surface area contributed by atoms with Crippen molar-refractivity contribution in [2.24, 2.45) is 0 Å². The molecule has 0 radical (unpaired) electrons. The van der Waals surface area contributed by atoms with E-state index in [0.29, 0.717) is 84.1 Å². The molecule has 278 valence electrons. The highest BCUT2D eigenvalue weighted by Gasteiger charge is 2.33. The molecule has 0 aliphatic carbocycles. The van der Waals surface area contributed by atoms with Crippen LogP contribution < -0.4 is 9.80 Å². The molecule has 0 N–H and O–H groups in total. The van der Waals surface area contributed by atoms with E-state index in [2.05, 4.69) is 53.7 Å². The molecule has 4 aromatic rings. The number of halogens is 4. The monoisotopic (exact) mass is 856 g/mol. The second kappa shape index (κ2) is 16.2. The first kappa shape index (κ1) is 38.9. The minimum Gasteiger partial charge on any atom is -0.449 e. The van der Waals surface area contributed by atoms with Crippen LogP contribution in [0.4, 0.5) is 26.0 Å². The van der Waals surface area contributed by atoms with Gasteiger partial charge in [-0.1, -0.05) is 24.9 Å². The van der Waals surface area contributed by atoms with Gasteiger partial charge in [-0.3, -0.25) is 0 Å². The summed E-state index contributed by atoms with van der Waals surface area (Å²) in [5.41, 5.74) is 2.79. The number of carbonyl (C=O) groups is 2. The summed E-state index contributed by atoms with van der Waals surface area (Å²) >= 11 is 13.1. The Morgan fingerprint density at radius 1 is 0.922 bits per heavy atom. The van der Waals surface area contributed by atoms with E-state index in [1.807, 2.05) is 52.5 Å². The van der Waals surface area contributed by atoms with E-state index in [0.717, 1.165) is 28.4 Å². The molecule has 2 fully saturated rings. The van der Waals surface area contributed by atoms with Crippen LogP contribution in [0.15, 0.2) is 36.0 Å². The average Bonchev–Trinajstić information content (AvgIpc) is 3.68. The minimum absolute atomic E-state index is 0.00190. The Kier molecular flexibility index (Phi) is 12.3. The fourth-order valence-electron chi connectivity index (χ4n) is 5.81. The van der Waals surface area contributed by atoms with Crippen molar-refractivity contribution in [3.63, 3.8) is 0 Å². The van der Waals surface area contributed by atoms with Crippen molar-refractivity contribution in [1.29, 1.82) is 0 Å². The molecule has 2 amide bonds. The van der Waals surface area contributed by atoms with Crippen LogP contribution in [0.3, 0.4) is 0 Å². The second-order valence-electron chi connectivity index (χ2n) is 13.8. The molecule has 16 heteroatoms. The number of nitrogens with zero attached hydrogens (tertiary/aromatic N) is 6. The van der Waals surface area contributed by atoms with E-state index in [9.17, 15) is 14.0 Å². The lowest BCUT2D eigenvalue weighted by atomic mass is 10.2. The van der Waals surface area contributed by atoms with E-state index in [-0.39, 0.29) is 30.1 Å². The Morgan fingerprint density at radius 3 is 2.02 bits per heavy atom. The number of amides is 2. The Balaban J connectivity index is 0.000000198. The molecular formula is C35H44Br2ClFN6O6. The summed E-state index contributed by atoms with van der Waals surface area (Å²) in [5, 5.41) is 0.650. The first-order valence-corrected chi connectivity index (χ1v) is 19.0. The van der Waals surface area contributed by atoms with Crippen LogP contribution >= 0.6 is 43.5 Å². The summed E-state index contributed by atoms with van der Waals surface area (Å²) in [6, 6.07) is 5.56.